The van der Waals surface area contributed by atoms with Gasteiger partial charge in [-0.25, -0.2) is 9.59 Å². The number of carbonyl (C=O) groups is 2. The number of benzene rings is 1. The average Bonchev–Trinajstić information content (AvgIpc) is 2.05. The molecule has 0 aliphatic carbocycles. The zero-order valence-electron chi connectivity index (χ0n) is 8.19. The van der Waals surface area contributed by atoms with Gasteiger partial charge in [-0.05, 0) is 12.1 Å². The summed E-state index contributed by atoms with van der Waals surface area (Å²) in [7, 11) is 0. The number of ether oxygens (including phenoxy) is 1. The van der Waals surface area contributed by atoms with Crippen molar-refractivity contribution in [2.45, 2.75) is 0 Å². The smallest absolute Gasteiger partial charge is 1.00 e. The van der Waals surface area contributed by atoms with Crippen LogP contribution in [0.25, 0.3) is 0 Å². The zero-order valence-corrected chi connectivity index (χ0v) is 9.19. The van der Waals surface area contributed by atoms with Gasteiger partial charge < -0.3 is 11.9 Å². The molecule has 0 saturated carbocycles. The van der Waals surface area contributed by atoms with E-state index in [-0.39, 0.29) is 31.0 Å². The summed E-state index contributed by atoms with van der Waals surface area (Å²) in [4.78, 5) is 21.1. The van der Waals surface area contributed by atoms with Gasteiger partial charge in [-0.3, -0.25) is 0 Å². The standard InChI is InChI=1S/C8H7NO3.Na.H/c9-8(11)12-7(10)6-4-2-1-3-5-6;;/h1-5H,(H2,9,11);;/q;+1;-1. The molecule has 0 fully saturated rings. The molecule has 0 atom stereocenters. The molecule has 1 rings (SSSR count). The summed E-state index contributed by atoms with van der Waals surface area (Å²) >= 11 is 0. The van der Waals surface area contributed by atoms with E-state index in [9.17, 15) is 9.59 Å². The molecule has 0 spiro atoms. The topological polar surface area (TPSA) is 69.4 Å². The van der Waals surface area contributed by atoms with Crippen LogP contribution in [0.15, 0.2) is 30.3 Å². The third-order valence-corrected chi connectivity index (χ3v) is 1.20. The van der Waals surface area contributed by atoms with Gasteiger partial charge in [0.15, 0.2) is 0 Å². The number of rotatable bonds is 1. The molecule has 0 unspecified atom stereocenters. The van der Waals surface area contributed by atoms with Crippen molar-refractivity contribution in [2.24, 2.45) is 5.73 Å². The number of esters is 1. The van der Waals surface area contributed by atoms with Crippen LogP contribution in [0.4, 0.5) is 4.79 Å². The van der Waals surface area contributed by atoms with Gasteiger partial charge in [0.1, 0.15) is 0 Å². The van der Waals surface area contributed by atoms with Gasteiger partial charge >= 0.3 is 41.6 Å². The van der Waals surface area contributed by atoms with E-state index in [1.54, 1.807) is 18.2 Å². The van der Waals surface area contributed by atoms with Gasteiger partial charge in [-0.2, -0.15) is 0 Å². The first kappa shape index (κ1) is 12.2. The summed E-state index contributed by atoms with van der Waals surface area (Å²) in [6.45, 7) is 0. The van der Waals surface area contributed by atoms with Crippen LogP contribution in [0.2, 0.25) is 0 Å². The Labute approximate surface area is 98.8 Å². The molecule has 0 aliphatic rings. The van der Waals surface area contributed by atoms with E-state index in [0.717, 1.165) is 0 Å². The number of nitrogens with two attached hydrogens (primary N) is 1. The van der Waals surface area contributed by atoms with Gasteiger partial charge in [-0.15, -0.1) is 0 Å². The molecule has 13 heavy (non-hydrogen) atoms. The third kappa shape index (κ3) is 4.07. The molecule has 0 bridgehead atoms. The fourth-order valence-electron chi connectivity index (χ4n) is 0.725. The van der Waals surface area contributed by atoms with Crippen LogP contribution in [0.3, 0.4) is 0 Å². The van der Waals surface area contributed by atoms with E-state index >= 15 is 0 Å². The Kier molecular flexibility index (Phi) is 5.37. The minimum absolute atomic E-state index is 0. The first-order valence-corrected chi connectivity index (χ1v) is 3.27. The first-order valence-electron chi connectivity index (χ1n) is 3.27. The SMILES string of the molecule is NC(=O)OC(=O)c1ccccc1.[H-].[Na+]. The largest absolute Gasteiger partial charge is 1.00 e. The molecule has 0 aromatic heterocycles. The molecule has 4 nitrogen and oxygen atoms in total. The predicted octanol–water partition coefficient (Wildman–Crippen LogP) is -1.96. The quantitative estimate of drug-likeness (QED) is 0.317. The maximum atomic E-state index is 10.9. The van der Waals surface area contributed by atoms with Crippen LogP contribution in [-0.2, 0) is 4.74 Å². The Bertz CT molecular complexity index is 305. The molecule has 0 radical (unpaired) electrons. The Hall–Kier alpha value is -0.840. The minimum Gasteiger partial charge on any atom is -1.00 e. The second-order valence-electron chi connectivity index (χ2n) is 2.07. The summed E-state index contributed by atoms with van der Waals surface area (Å²) < 4.78 is 4.14. The summed E-state index contributed by atoms with van der Waals surface area (Å²) in [5.74, 6) is -0.733. The van der Waals surface area contributed by atoms with Crippen LogP contribution in [0, 0.1) is 0 Å². The number of primary amides is 1. The summed E-state index contributed by atoms with van der Waals surface area (Å²) in [6, 6.07) is 8.15. The van der Waals surface area contributed by atoms with E-state index in [0.29, 0.717) is 5.56 Å². The number of amides is 1. The van der Waals surface area contributed by atoms with Crippen molar-refractivity contribution in [3.05, 3.63) is 35.9 Å². The second kappa shape index (κ2) is 5.75. The van der Waals surface area contributed by atoms with Crippen LogP contribution in [0.5, 0.6) is 0 Å². The van der Waals surface area contributed by atoms with Crippen LogP contribution < -0.4 is 35.3 Å². The van der Waals surface area contributed by atoms with E-state index in [4.69, 9.17) is 0 Å². The van der Waals surface area contributed by atoms with Crippen LogP contribution in [-0.4, -0.2) is 12.1 Å². The molecule has 0 heterocycles. The Balaban J connectivity index is 0. The second-order valence-corrected chi connectivity index (χ2v) is 2.07. The van der Waals surface area contributed by atoms with Crippen molar-refractivity contribution in [3.63, 3.8) is 0 Å². The van der Waals surface area contributed by atoms with Crippen molar-refractivity contribution in [3.8, 4) is 0 Å². The average molecular weight is 189 g/mol. The van der Waals surface area contributed by atoms with Crippen molar-refractivity contribution >= 4 is 12.1 Å². The minimum atomic E-state index is -1.09. The zero-order chi connectivity index (χ0) is 8.97. The fourth-order valence-corrected chi connectivity index (χ4v) is 0.725. The van der Waals surface area contributed by atoms with E-state index in [2.05, 4.69) is 10.5 Å². The van der Waals surface area contributed by atoms with Gasteiger partial charge in [-0.1, -0.05) is 18.2 Å². The number of carbonyl (C=O) groups excluding carboxylic acids is 2. The van der Waals surface area contributed by atoms with Crippen molar-refractivity contribution in [1.82, 2.24) is 0 Å². The molecular weight excluding hydrogens is 181 g/mol. The monoisotopic (exact) mass is 189 g/mol. The fraction of sp³-hybridized carbons (Fsp3) is 0. The van der Waals surface area contributed by atoms with Gasteiger partial charge in [0.2, 0.25) is 0 Å². The molecule has 5 heteroatoms. The van der Waals surface area contributed by atoms with E-state index in [1.807, 2.05) is 0 Å². The molecule has 1 aromatic carbocycles. The van der Waals surface area contributed by atoms with Crippen molar-refractivity contribution in [2.75, 3.05) is 0 Å². The van der Waals surface area contributed by atoms with Crippen molar-refractivity contribution < 1.29 is 45.3 Å². The normalized spacial score (nSPS) is 8.31. The molecule has 1 amide bonds. The van der Waals surface area contributed by atoms with Gasteiger partial charge in [0.25, 0.3) is 0 Å². The predicted molar refractivity (Wildman–Crippen MR) is 42.6 cm³/mol. The van der Waals surface area contributed by atoms with Crippen molar-refractivity contribution in [1.29, 1.82) is 0 Å². The Morgan fingerprint density at radius 3 is 2.23 bits per heavy atom. The van der Waals surface area contributed by atoms with Crippen LogP contribution in [0.1, 0.15) is 11.8 Å². The molecular formula is C8H8NNaO3. The maximum absolute atomic E-state index is 10.9. The Morgan fingerprint density at radius 2 is 1.77 bits per heavy atom. The van der Waals surface area contributed by atoms with Crippen LogP contribution >= 0.6 is 0 Å². The number of hydrogen-bond acceptors (Lipinski definition) is 3. The summed E-state index contributed by atoms with van der Waals surface area (Å²) in [6.07, 6.45) is -1.09. The summed E-state index contributed by atoms with van der Waals surface area (Å²) in [5.41, 5.74) is 4.95. The van der Waals surface area contributed by atoms with E-state index in [1.165, 1.54) is 12.1 Å². The molecule has 0 saturated heterocycles. The Morgan fingerprint density at radius 1 is 1.23 bits per heavy atom. The first-order chi connectivity index (χ1) is 5.70. The molecule has 64 valence electrons. The summed E-state index contributed by atoms with van der Waals surface area (Å²) in [5, 5.41) is 0. The maximum Gasteiger partial charge on any atom is 1.00 e. The molecule has 1 aromatic rings. The molecule has 2 N–H and O–H groups in total. The third-order valence-electron chi connectivity index (χ3n) is 1.20. The molecule has 0 aliphatic heterocycles. The number of hydrogen-bond donors (Lipinski definition) is 1. The van der Waals surface area contributed by atoms with E-state index < -0.39 is 12.1 Å². The van der Waals surface area contributed by atoms with Gasteiger partial charge in [0, 0.05) is 0 Å². The van der Waals surface area contributed by atoms with Gasteiger partial charge in [0.05, 0.1) is 5.56 Å².